The van der Waals surface area contributed by atoms with Crippen LogP contribution in [0.3, 0.4) is 0 Å². The number of rotatable bonds is 4. The predicted octanol–water partition coefficient (Wildman–Crippen LogP) is 5.21. The summed E-state index contributed by atoms with van der Waals surface area (Å²) in [6, 6.07) is 0. The highest BCUT2D eigenvalue weighted by molar-refractivity contribution is 5.87. The van der Waals surface area contributed by atoms with Crippen molar-refractivity contribution in [2.75, 3.05) is 6.61 Å². The van der Waals surface area contributed by atoms with Gasteiger partial charge >= 0.3 is 5.97 Å². The minimum Gasteiger partial charge on any atom is -0.458 e. The Balaban J connectivity index is 1.94. The van der Waals surface area contributed by atoms with Crippen molar-refractivity contribution >= 4 is 5.97 Å². The number of carbonyl (C=O) groups is 1. The van der Waals surface area contributed by atoms with Gasteiger partial charge in [0.05, 0.1) is 0 Å². The Morgan fingerprint density at radius 3 is 2.91 bits per heavy atom. The summed E-state index contributed by atoms with van der Waals surface area (Å²) < 4.78 is 5.38. The number of carbonyl (C=O) groups excluding carboxylic acids is 1. The van der Waals surface area contributed by atoms with E-state index in [0.717, 1.165) is 12.0 Å². The lowest BCUT2D eigenvalue weighted by Crippen LogP contribution is -2.37. The van der Waals surface area contributed by atoms with Crippen molar-refractivity contribution in [1.29, 1.82) is 0 Å². The first-order chi connectivity index (χ1) is 10.4. The normalized spacial score (nSPS) is 32.0. The van der Waals surface area contributed by atoms with Crippen molar-refractivity contribution in [2.45, 2.75) is 59.8 Å². The van der Waals surface area contributed by atoms with E-state index in [9.17, 15) is 4.79 Å². The molecule has 2 nitrogen and oxygen atoms in total. The van der Waals surface area contributed by atoms with E-state index in [4.69, 9.17) is 4.74 Å². The molecule has 0 aliphatic heterocycles. The average Bonchev–Trinajstić information content (AvgIpc) is 2.51. The highest BCUT2D eigenvalue weighted by Gasteiger charge is 2.42. The second kappa shape index (κ2) is 6.85. The van der Waals surface area contributed by atoms with Crippen LogP contribution < -0.4 is 0 Å². The maximum atomic E-state index is 11.8. The summed E-state index contributed by atoms with van der Waals surface area (Å²) in [5.74, 6) is 0.931. The highest BCUT2D eigenvalue weighted by Crippen LogP contribution is 2.52. The molecular formula is C20H30O2. The lowest BCUT2D eigenvalue weighted by Gasteiger charge is -2.48. The minimum absolute atomic E-state index is 0.224. The zero-order valence-corrected chi connectivity index (χ0v) is 14.6. The Kier molecular flexibility index (Phi) is 5.31. The summed E-state index contributed by atoms with van der Waals surface area (Å²) in [6.45, 7) is 12.9. The molecule has 0 saturated heterocycles. The van der Waals surface area contributed by atoms with Gasteiger partial charge in [-0.2, -0.15) is 0 Å². The zero-order valence-electron chi connectivity index (χ0n) is 14.6. The van der Waals surface area contributed by atoms with E-state index < -0.39 is 0 Å². The fraction of sp³-hybridized carbons (Fsp3) is 0.650. The molecule has 0 spiro atoms. The Morgan fingerprint density at radius 2 is 2.23 bits per heavy atom. The van der Waals surface area contributed by atoms with E-state index in [1.165, 1.54) is 25.7 Å². The third kappa shape index (κ3) is 3.53. The van der Waals surface area contributed by atoms with Crippen LogP contribution in [0.1, 0.15) is 59.8 Å². The van der Waals surface area contributed by atoms with Crippen molar-refractivity contribution in [1.82, 2.24) is 0 Å². The molecule has 2 rings (SSSR count). The average molecular weight is 302 g/mol. The summed E-state index contributed by atoms with van der Waals surface area (Å²) in [7, 11) is 0. The van der Waals surface area contributed by atoms with Crippen LogP contribution in [0.4, 0.5) is 0 Å². The van der Waals surface area contributed by atoms with Crippen LogP contribution >= 0.6 is 0 Å². The Labute approximate surface area is 135 Å². The van der Waals surface area contributed by atoms with Crippen molar-refractivity contribution < 1.29 is 9.53 Å². The van der Waals surface area contributed by atoms with Crippen molar-refractivity contribution in [3.8, 4) is 0 Å². The predicted molar refractivity (Wildman–Crippen MR) is 91.5 cm³/mol. The number of fused-ring (bicyclic) bond motifs is 1. The molecule has 0 aromatic heterocycles. The van der Waals surface area contributed by atoms with Gasteiger partial charge in [0.15, 0.2) is 0 Å². The molecule has 0 amide bonds. The van der Waals surface area contributed by atoms with Crippen LogP contribution in [0.5, 0.6) is 0 Å². The Hall–Kier alpha value is -1.31. The minimum atomic E-state index is -0.224. The van der Waals surface area contributed by atoms with Gasteiger partial charge in [-0.25, -0.2) is 4.79 Å². The van der Waals surface area contributed by atoms with E-state index >= 15 is 0 Å². The maximum Gasteiger partial charge on any atom is 0.333 e. The zero-order chi connectivity index (χ0) is 16.3. The van der Waals surface area contributed by atoms with Crippen LogP contribution in [0.2, 0.25) is 0 Å². The first-order valence-electron chi connectivity index (χ1n) is 8.51. The standard InChI is InChI=1S/C20H30O2/c1-6-14(2)19(21)22-13-16(4)17-9-11-20(5)10-7-8-15(3)18(20)12-17/h6,8,17-18H,4,7,9-13H2,1-3,5H3/b14-6-/t17-,18+,20-/m1/s1. The molecule has 122 valence electrons. The molecule has 2 heteroatoms. The number of hydrogen-bond donors (Lipinski definition) is 0. The van der Waals surface area contributed by atoms with E-state index in [-0.39, 0.29) is 5.97 Å². The molecular weight excluding hydrogens is 272 g/mol. The first kappa shape index (κ1) is 17.1. The van der Waals surface area contributed by atoms with Crippen LogP contribution in [0.25, 0.3) is 0 Å². The molecule has 0 aromatic carbocycles. The number of esters is 1. The molecule has 0 unspecified atom stereocenters. The van der Waals surface area contributed by atoms with Gasteiger partial charge in [-0.05, 0) is 75.7 Å². The molecule has 0 N–H and O–H groups in total. The maximum absolute atomic E-state index is 11.8. The molecule has 0 aromatic rings. The van der Waals surface area contributed by atoms with E-state index in [1.807, 2.05) is 6.92 Å². The quantitative estimate of drug-likeness (QED) is 0.404. The summed E-state index contributed by atoms with van der Waals surface area (Å²) >= 11 is 0. The van der Waals surface area contributed by atoms with Crippen LogP contribution in [0.15, 0.2) is 35.5 Å². The molecule has 2 aliphatic carbocycles. The number of ether oxygens (including phenoxy) is 1. The number of allylic oxidation sites excluding steroid dienone is 3. The molecule has 0 bridgehead atoms. The molecule has 3 atom stereocenters. The van der Waals surface area contributed by atoms with Crippen LogP contribution in [-0.2, 0) is 9.53 Å². The topological polar surface area (TPSA) is 26.3 Å². The van der Waals surface area contributed by atoms with Gasteiger partial charge in [0.25, 0.3) is 0 Å². The fourth-order valence-electron chi connectivity index (χ4n) is 4.05. The third-order valence-corrected chi connectivity index (χ3v) is 5.88. The van der Waals surface area contributed by atoms with Gasteiger partial charge in [-0.1, -0.05) is 31.2 Å². The molecule has 1 fully saturated rings. The summed E-state index contributed by atoms with van der Waals surface area (Å²) in [5.41, 5.74) is 3.76. The highest BCUT2D eigenvalue weighted by atomic mass is 16.5. The van der Waals surface area contributed by atoms with Crippen LogP contribution in [-0.4, -0.2) is 12.6 Å². The third-order valence-electron chi connectivity index (χ3n) is 5.88. The molecule has 1 saturated carbocycles. The lowest BCUT2D eigenvalue weighted by atomic mass is 9.57. The summed E-state index contributed by atoms with van der Waals surface area (Å²) in [4.78, 5) is 11.8. The Bertz CT molecular complexity index is 512. The van der Waals surface area contributed by atoms with Crippen LogP contribution in [0, 0.1) is 17.3 Å². The van der Waals surface area contributed by atoms with E-state index in [1.54, 1.807) is 18.6 Å². The lowest BCUT2D eigenvalue weighted by molar-refractivity contribution is -0.138. The smallest absolute Gasteiger partial charge is 0.333 e. The monoisotopic (exact) mass is 302 g/mol. The molecule has 2 aliphatic rings. The molecule has 0 radical (unpaired) electrons. The summed E-state index contributed by atoms with van der Waals surface area (Å²) in [6.07, 6.45) is 10.3. The largest absolute Gasteiger partial charge is 0.458 e. The van der Waals surface area contributed by atoms with E-state index in [0.29, 0.717) is 29.4 Å². The van der Waals surface area contributed by atoms with Gasteiger partial charge < -0.3 is 4.74 Å². The first-order valence-corrected chi connectivity index (χ1v) is 8.51. The second-order valence-electron chi connectivity index (χ2n) is 7.37. The second-order valence-corrected chi connectivity index (χ2v) is 7.37. The molecule has 22 heavy (non-hydrogen) atoms. The molecule has 0 heterocycles. The van der Waals surface area contributed by atoms with Gasteiger partial charge in [0.2, 0.25) is 0 Å². The van der Waals surface area contributed by atoms with Gasteiger partial charge in [0, 0.05) is 5.57 Å². The SMILES string of the molecule is C=C(COC(=O)/C(C)=C\C)[C@@H]1CC[C@@]2(C)CCC=C(C)[C@@H]2C1. The summed E-state index contributed by atoms with van der Waals surface area (Å²) in [5, 5.41) is 0. The van der Waals surface area contributed by atoms with Crippen molar-refractivity contribution in [3.63, 3.8) is 0 Å². The van der Waals surface area contributed by atoms with Crippen molar-refractivity contribution in [3.05, 3.63) is 35.5 Å². The Morgan fingerprint density at radius 1 is 1.50 bits per heavy atom. The fourth-order valence-corrected chi connectivity index (χ4v) is 4.05. The van der Waals surface area contributed by atoms with Gasteiger partial charge in [-0.15, -0.1) is 0 Å². The van der Waals surface area contributed by atoms with Crippen molar-refractivity contribution in [2.24, 2.45) is 17.3 Å². The van der Waals surface area contributed by atoms with Gasteiger partial charge in [-0.3, -0.25) is 0 Å². The van der Waals surface area contributed by atoms with E-state index in [2.05, 4.69) is 26.5 Å². The van der Waals surface area contributed by atoms with Gasteiger partial charge in [0.1, 0.15) is 6.61 Å². The number of hydrogen-bond acceptors (Lipinski definition) is 2.